The van der Waals surface area contributed by atoms with Crippen LogP contribution in [0, 0.1) is 0 Å². The van der Waals surface area contributed by atoms with E-state index in [4.69, 9.17) is 16.6 Å². The van der Waals surface area contributed by atoms with Crippen molar-refractivity contribution in [1.29, 1.82) is 0 Å². The molecule has 0 aliphatic heterocycles. The number of anilines is 2. The van der Waals surface area contributed by atoms with Crippen molar-refractivity contribution < 1.29 is 0 Å². The molecule has 0 radical (unpaired) electrons. The Morgan fingerprint density at radius 3 is 1.90 bits per heavy atom. The van der Waals surface area contributed by atoms with Gasteiger partial charge in [0.2, 0.25) is 11.2 Å². The monoisotopic (exact) mass is 528 g/mol. The van der Waals surface area contributed by atoms with Crippen molar-refractivity contribution in [3.8, 4) is 0 Å². The van der Waals surface area contributed by atoms with Crippen LogP contribution in [0.5, 0.6) is 0 Å². The molecular formula is C32H25ClN6. The van der Waals surface area contributed by atoms with Crippen LogP contribution < -0.4 is 5.32 Å². The number of halogens is 1. The van der Waals surface area contributed by atoms with E-state index in [1.807, 2.05) is 18.3 Å². The second kappa shape index (κ2) is 10.9. The Kier molecular flexibility index (Phi) is 6.85. The average Bonchev–Trinajstić information content (AvgIpc) is 3.44. The number of hydrogen-bond acceptors (Lipinski definition) is 5. The topological polar surface area (TPSA) is 68.5 Å². The second-order valence-electron chi connectivity index (χ2n) is 9.10. The van der Waals surface area contributed by atoms with Crippen molar-refractivity contribution in [1.82, 2.24) is 24.5 Å². The number of hydrogen-bond donors (Lipinski definition) is 1. The summed E-state index contributed by atoms with van der Waals surface area (Å²) in [5, 5.41) is 3.36. The normalized spacial score (nSPS) is 11.3. The maximum atomic E-state index is 5.94. The summed E-state index contributed by atoms with van der Waals surface area (Å²) in [5.41, 5.74) is 4.80. The summed E-state index contributed by atoms with van der Waals surface area (Å²) in [6.45, 7) is 0. The van der Waals surface area contributed by atoms with Crippen molar-refractivity contribution in [2.24, 2.45) is 0 Å². The zero-order chi connectivity index (χ0) is 26.5. The Balaban J connectivity index is 1.47. The van der Waals surface area contributed by atoms with Crippen LogP contribution in [0.4, 0.5) is 11.6 Å². The third-order valence-corrected chi connectivity index (χ3v) is 6.92. The van der Waals surface area contributed by atoms with Crippen LogP contribution in [0.2, 0.25) is 5.28 Å². The SMILES string of the molecule is Clc1ncnc(Nc2cccc(Cc3nccn3C(c3ccccc3)(c3ccccc3)c3ccccc3)c2)n1. The van der Waals surface area contributed by atoms with Gasteiger partial charge in [0, 0.05) is 24.5 Å². The highest BCUT2D eigenvalue weighted by atomic mass is 35.5. The van der Waals surface area contributed by atoms with Gasteiger partial charge < -0.3 is 9.88 Å². The molecule has 4 aromatic carbocycles. The largest absolute Gasteiger partial charge is 0.324 e. The number of rotatable bonds is 8. The summed E-state index contributed by atoms with van der Waals surface area (Å²) in [7, 11) is 0. The molecule has 0 aliphatic carbocycles. The molecule has 0 spiro atoms. The van der Waals surface area contributed by atoms with E-state index in [1.165, 1.54) is 6.33 Å². The highest BCUT2D eigenvalue weighted by Crippen LogP contribution is 2.41. The maximum Gasteiger partial charge on any atom is 0.231 e. The van der Waals surface area contributed by atoms with Gasteiger partial charge in [-0.3, -0.25) is 0 Å². The molecule has 2 aromatic heterocycles. The highest BCUT2D eigenvalue weighted by molar-refractivity contribution is 6.28. The molecule has 0 unspecified atom stereocenters. The van der Waals surface area contributed by atoms with Crippen LogP contribution in [0.3, 0.4) is 0 Å². The van der Waals surface area contributed by atoms with E-state index < -0.39 is 5.54 Å². The first-order chi connectivity index (χ1) is 19.2. The molecule has 2 heterocycles. The van der Waals surface area contributed by atoms with E-state index in [0.717, 1.165) is 33.8 Å². The molecule has 1 N–H and O–H groups in total. The Labute approximate surface area is 232 Å². The van der Waals surface area contributed by atoms with Gasteiger partial charge in [0.1, 0.15) is 17.7 Å². The summed E-state index contributed by atoms with van der Waals surface area (Å²) in [4.78, 5) is 17.0. The number of nitrogens with one attached hydrogen (secondary N) is 1. The van der Waals surface area contributed by atoms with Crippen LogP contribution in [0.25, 0.3) is 0 Å². The van der Waals surface area contributed by atoms with Crippen LogP contribution in [-0.2, 0) is 12.0 Å². The molecule has 7 heteroatoms. The Morgan fingerprint density at radius 1 is 0.692 bits per heavy atom. The molecule has 0 amide bonds. The lowest BCUT2D eigenvalue weighted by Gasteiger charge is -2.38. The zero-order valence-corrected chi connectivity index (χ0v) is 21.8. The third-order valence-electron chi connectivity index (χ3n) is 6.74. The van der Waals surface area contributed by atoms with E-state index >= 15 is 0 Å². The van der Waals surface area contributed by atoms with Gasteiger partial charge in [-0.15, -0.1) is 0 Å². The van der Waals surface area contributed by atoms with Crippen molar-refractivity contribution >= 4 is 23.2 Å². The Bertz CT molecular complexity index is 1570. The molecule has 6 nitrogen and oxygen atoms in total. The van der Waals surface area contributed by atoms with E-state index in [1.54, 1.807) is 0 Å². The average molecular weight is 529 g/mol. The fourth-order valence-corrected chi connectivity index (χ4v) is 5.26. The van der Waals surface area contributed by atoms with Gasteiger partial charge in [-0.05, 0) is 46.0 Å². The minimum atomic E-state index is -0.618. The summed E-state index contributed by atoms with van der Waals surface area (Å²) >= 11 is 5.94. The lowest BCUT2D eigenvalue weighted by atomic mass is 9.76. The Hall–Kier alpha value is -4.81. The van der Waals surface area contributed by atoms with E-state index in [9.17, 15) is 0 Å². The van der Waals surface area contributed by atoms with Gasteiger partial charge >= 0.3 is 0 Å². The van der Waals surface area contributed by atoms with Crippen molar-refractivity contribution in [2.45, 2.75) is 12.0 Å². The zero-order valence-electron chi connectivity index (χ0n) is 21.0. The number of benzene rings is 4. The molecule has 6 aromatic rings. The quantitative estimate of drug-likeness (QED) is 0.218. The minimum absolute atomic E-state index is 0.143. The fraction of sp³-hybridized carbons (Fsp3) is 0.0625. The molecule has 39 heavy (non-hydrogen) atoms. The van der Waals surface area contributed by atoms with Gasteiger partial charge in [-0.1, -0.05) is 103 Å². The second-order valence-corrected chi connectivity index (χ2v) is 9.44. The molecule has 190 valence electrons. The van der Waals surface area contributed by atoms with Crippen LogP contribution in [0.1, 0.15) is 28.1 Å². The highest BCUT2D eigenvalue weighted by Gasteiger charge is 2.39. The smallest absolute Gasteiger partial charge is 0.231 e. The molecule has 0 fully saturated rings. The minimum Gasteiger partial charge on any atom is -0.324 e. The predicted molar refractivity (Wildman–Crippen MR) is 154 cm³/mol. The molecular weight excluding hydrogens is 504 g/mol. The lowest BCUT2D eigenvalue weighted by molar-refractivity contribution is 0.496. The standard InChI is InChI=1S/C32H25ClN6/c33-30-35-23-36-31(38-30)37-28-18-10-11-24(21-28)22-29-34-19-20-39(29)32(25-12-4-1-5-13-25,26-14-6-2-7-15-26)27-16-8-3-9-17-27/h1-21,23H,22H2,(H,35,36,37,38). The van der Waals surface area contributed by atoms with Gasteiger partial charge in [-0.2, -0.15) is 4.98 Å². The molecule has 0 saturated carbocycles. The summed E-state index contributed by atoms with van der Waals surface area (Å²) in [5.74, 6) is 1.33. The number of imidazole rings is 1. The van der Waals surface area contributed by atoms with Gasteiger partial charge in [-0.25, -0.2) is 15.0 Å². The van der Waals surface area contributed by atoms with Gasteiger partial charge in [0.25, 0.3) is 0 Å². The van der Waals surface area contributed by atoms with E-state index in [-0.39, 0.29) is 5.28 Å². The van der Waals surface area contributed by atoms with Crippen LogP contribution >= 0.6 is 11.6 Å². The first-order valence-corrected chi connectivity index (χ1v) is 13.0. The number of aromatic nitrogens is 5. The van der Waals surface area contributed by atoms with Crippen molar-refractivity contribution in [3.05, 3.63) is 167 Å². The van der Waals surface area contributed by atoms with Crippen molar-refractivity contribution in [2.75, 3.05) is 5.32 Å². The van der Waals surface area contributed by atoms with Crippen molar-refractivity contribution in [3.63, 3.8) is 0 Å². The third kappa shape index (κ3) is 4.90. The molecule has 0 aliphatic rings. The summed E-state index contributed by atoms with van der Waals surface area (Å²) < 4.78 is 2.30. The fourth-order valence-electron chi connectivity index (χ4n) is 5.13. The molecule has 0 saturated heterocycles. The van der Waals surface area contributed by atoms with E-state index in [0.29, 0.717) is 12.4 Å². The predicted octanol–water partition coefficient (Wildman–Crippen LogP) is 6.90. The van der Waals surface area contributed by atoms with Gasteiger partial charge in [0.15, 0.2) is 0 Å². The van der Waals surface area contributed by atoms with E-state index in [2.05, 4.69) is 134 Å². The molecule has 0 bridgehead atoms. The summed E-state index contributed by atoms with van der Waals surface area (Å²) in [6, 6.07) is 40.0. The lowest BCUT2D eigenvalue weighted by Crippen LogP contribution is -2.38. The maximum absolute atomic E-state index is 5.94. The molecule has 6 rings (SSSR count). The molecule has 0 atom stereocenters. The first kappa shape index (κ1) is 24.5. The first-order valence-electron chi connectivity index (χ1n) is 12.6. The Morgan fingerprint density at radius 2 is 1.31 bits per heavy atom. The van der Waals surface area contributed by atoms with Crippen LogP contribution in [-0.4, -0.2) is 24.5 Å². The number of nitrogens with zero attached hydrogens (tertiary/aromatic N) is 5. The van der Waals surface area contributed by atoms with Gasteiger partial charge in [0.05, 0.1) is 0 Å². The summed E-state index contributed by atoms with van der Waals surface area (Å²) in [6.07, 6.45) is 5.97. The van der Waals surface area contributed by atoms with Crippen LogP contribution in [0.15, 0.2) is 134 Å².